The van der Waals surface area contributed by atoms with Gasteiger partial charge < -0.3 is 10.1 Å². The maximum absolute atomic E-state index is 13.4. The number of hydrogen-bond acceptors (Lipinski definition) is 4. The van der Waals surface area contributed by atoms with Crippen LogP contribution in [0.1, 0.15) is 49.0 Å². The summed E-state index contributed by atoms with van der Waals surface area (Å²) in [5.74, 6) is 2.85. The number of rotatable bonds is 4. The normalized spacial score (nSPS) is 29.9. The summed E-state index contributed by atoms with van der Waals surface area (Å²) in [6, 6.07) is 9.76. The van der Waals surface area contributed by atoms with Gasteiger partial charge in [-0.3, -0.25) is 14.2 Å². The van der Waals surface area contributed by atoms with Crippen molar-refractivity contribution in [2.75, 3.05) is 0 Å². The number of aromatic nitrogens is 3. The van der Waals surface area contributed by atoms with Gasteiger partial charge in [-0.25, -0.2) is 0 Å². The van der Waals surface area contributed by atoms with Crippen molar-refractivity contribution in [3.05, 3.63) is 54.6 Å². The first-order valence-corrected chi connectivity index (χ1v) is 10.5. The third-order valence-electron chi connectivity index (χ3n) is 6.99. The lowest BCUT2D eigenvalue weighted by Crippen LogP contribution is -2.59. The van der Waals surface area contributed by atoms with Gasteiger partial charge in [0, 0.05) is 17.9 Å². The lowest BCUT2D eigenvalue weighted by atomic mass is 9.53. The predicted molar refractivity (Wildman–Crippen MR) is 108 cm³/mol. The third-order valence-corrected chi connectivity index (χ3v) is 6.99. The van der Waals surface area contributed by atoms with Crippen LogP contribution in [0.3, 0.4) is 0 Å². The van der Waals surface area contributed by atoms with Gasteiger partial charge in [0.05, 0.1) is 11.7 Å². The standard InChI is InChI=1S/C23H24N4O2/c28-21(26-23-11-15-8-16(12-23)10-17(9-15)13-23)20-19-5-1-2-7-27(19)22(25-20)29-18-4-3-6-24-14-18/h1-7,14-17H,8-13H2,(H,26,28). The molecule has 3 aromatic heterocycles. The second-order valence-corrected chi connectivity index (χ2v) is 9.14. The summed E-state index contributed by atoms with van der Waals surface area (Å²) in [4.78, 5) is 22.0. The minimum atomic E-state index is -0.0864. The van der Waals surface area contributed by atoms with Gasteiger partial charge in [0.15, 0.2) is 5.69 Å². The number of amides is 1. The highest BCUT2D eigenvalue weighted by Crippen LogP contribution is 2.55. The van der Waals surface area contributed by atoms with Crippen molar-refractivity contribution in [2.24, 2.45) is 17.8 Å². The monoisotopic (exact) mass is 388 g/mol. The number of carbonyl (C=O) groups is 1. The maximum Gasteiger partial charge on any atom is 0.307 e. The van der Waals surface area contributed by atoms with Gasteiger partial charge in [0.25, 0.3) is 5.91 Å². The summed E-state index contributed by atoms with van der Waals surface area (Å²) in [7, 11) is 0. The number of hydrogen-bond donors (Lipinski definition) is 1. The molecule has 6 heteroatoms. The summed E-state index contributed by atoms with van der Waals surface area (Å²) in [5.41, 5.74) is 1.15. The van der Waals surface area contributed by atoms with Crippen LogP contribution in [-0.2, 0) is 0 Å². The van der Waals surface area contributed by atoms with Gasteiger partial charge in [-0.1, -0.05) is 6.07 Å². The van der Waals surface area contributed by atoms with E-state index in [9.17, 15) is 4.79 Å². The fraction of sp³-hybridized carbons (Fsp3) is 0.435. The van der Waals surface area contributed by atoms with E-state index in [1.54, 1.807) is 12.4 Å². The molecule has 4 aliphatic carbocycles. The lowest BCUT2D eigenvalue weighted by Gasteiger charge is -2.56. The number of pyridine rings is 2. The molecule has 0 radical (unpaired) electrons. The Bertz CT molecular complexity index is 1040. The topological polar surface area (TPSA) is 68.5 Å². The zero-order chi connectivity index (χ0) is 19.4. The maximum atomic E-state index is 13.4. The van der Waals surface area contributed by atoms with Crippen molar-refractivity contribution in [3.63, 3.8) is 0 Å². The highest BCUT2D eigenvalue weighted by atomic mass is 16.5. The van der Waals surface area contributed by atoms with E-state index in [0.717, 1.165) is 42.5 Å². The molecule has 0 unspecified atom stereocenters. The van der Waals surface area contributed by atoms with Crippen LogP contribution in [0.25, 0.3) is 5.52 Å². The van der Waals surface area contributed by atoms with Gasteiger partial charge in [-0.2, -0.15) is 4.98 Å². The fourth-order valence-electron chi connectivity index (χ4n) is 6.33. The molecule has 0 aliphatic heterocycles. The largest absolute Gasteiger partial charge is 0.424 e. The number of nitrogens with one attached hydrogen (secondary N) is 1. The number of fused-ring (bicyclic) bond motifs is 1. The first-order valence-electron chi connectivity index (χ1n) is 10.5. The molecular weight excluding hydrogens is 364 g/mol. The summed E-state index contributed by atoms with van der Waals surface area (Å²) >= 11 is 0. The summed E-state index contributed by atoms with van der Waals surface area (Å²) < 4.78 is 7.75. The van der Waals surface area contributed by atoms with Crippen molar-refractivity contribution >= 4 is 11.4 Å². The van der Waals surface area contributed by atoms with Crippen LogP contribution >= 0.6 is 0 Å². The van der Waals surface area contributed by atoms with E-state index in [2.05, 4.69) is 15.3 Å². The van der Waals surface area contributed by atoms with E-state index in [0.29, 0.717) is 17.5 Å². The Labute approximate surface area is 169 Å². The van der Waals surface area contributed by atoms with Crippen molar-refractivity contribution in [1.29, 1.82) is 0 Å². The second-order valence-electron chi connectivity index (χ2n) is 9.14. The summed E-state index contributed by atoms with van der Waals surface area (Å²) in [5, 5.41) is 3.43. The molecule has 148 valence electrons. The molecule has 4 saturated carbocycles. The Balaban J connectivity index is 1.32. The molecule has 0 saturated heterocycles. The van der Waals surface area contributed by atoms with Crippen molar-refractivity contribution < 1.29 is 9.53 Å². The molecule has 6 nitrogen and oxygen atoms in total. The lowest BCUT2D eigenvalue weighted by molar-refractivity contribution is -0.0167. The first-order chi connectivity index (χ1) is 14.2. The van der Waals surface area contributed by atoms with E-state index in [1.807, 2.05) is 40.9 Å². The van der Waals surface area contributed by atoms with Crippen LogP contribution in [0.2, 0.25) is 0 Å². The minimum absolute atomic E-state index is 0.0407. The molecule has 4 aliphatic rings. The van der Waals surface area contributed by atoms with Crippen LogP contribution in [0.4, 0.5) is 0 Å². The average molecular weight is 388 g/mol. The van der Waals surface area contributed by atoms with Gasteiger partial charge >= 0.3 is 6.01 Å². The van der Waals surface area contributed by atoms with E-state index < -0.39 is 0 Å². The van der Waals surface area contributed by atoms with E-state index in [-0.39, 0.29) is 11.4 Å². The molecule has 4 bridgehead atoms. The Morgan fingerprint density at radius 2 is 1.83 bits per heavy atom. The SMILES string of the molecule is O=C(NC12CC3CC(CC(C3)C1)C2)c1nc(Oc2cccnc2)n2ccccc12. The number of ether oxygens (including phenoxy) is 1. The average Bonchev–Trinajstić information content (AvgIpc) is 3.06. The molecule has 29 heavy (non-hydrogen) atoms. The highest BCUT2D eigenvalue weighted by Gasteiger charge is 2.51. The molecule has 4 fully saturated rings. The first kappa shape index (κ1) is 17.0. The predicted octanol–water partition coefficient (Wildman–Crippen LogP) is 4.22. The van der Waals surface area contributed by atoms with Crippen molar-refractivity contribution in [2.45, 2.75) is 44.1 Å². The Kier molecular flexibility index (Phi) is 3.70. The third kappa shape index (κ3) is 2.89. The Morgan fingerprint density at radius 1 is 1.07 bits per heavy atom. The molecule has 3 aromatic rings. The van der Waals surface area contributed by atoms with Crippen molar-refractivity contribution in [3.8, 4) is 11.8 Å². The molecule has 1 N–H and O–H groups in total. The quantitative estimate of drug-likeness (QED) is 0.727. The van der Waals surface area contributed by atoms with Crippen LogP contribution in [0.15, 0.2) is 48.9 Å². The zero-order valence-corrected chi connectivity index (χ0v) is 16.3. The fourth-order valence-corrected chi connectivity index (χ4v) is 6.33. The summed E-state index contributed by atoms with van der Waals surface area (Å²) in [6.45, 7) is 0. The zero-order valence-electron chi connectivity index (χ0n) is 16.3. The molecule has 0 spiro atoms. The van der Waals surface area contributed by atoms with Gasteiger partial charge in [0.2, 0.25) is 0 Å². The van der Waals surface area contributed by atoms with E-state index in [4.69, 9.17) is 4.74 Å². The molecule has 0 aromatic carbocycles. The van der Waals surface area contributed by atoms with Gasteiger partial charge in [-0.15, -0.1) is 0 Å². The van der Waals surface area contributed by atoms with E-state index >= 15 is 0 Å². The molecular formula is C23H24N4O2. The molecule has 1 amide bonds. The van der Waals surface area contributed by atoms with Crippen molar-refractivity contribution in [1.82, 2.24) is 19.7 Å². The molecule has 3 heterocycles. The van der Waals surface area contributed by atoms with Crippen LogP contribution in [0.5, 0.6) is 11.8 Å². The van der Waals surface area contributed by atoms with E-state index in [1.165, 1.54) is 19.3 Å². The van der Waals surface area contributed by atoms with Gasteiger partial charge in [0.1, 0.15) is 5.75 Å². The van der Waals surface area contributed by atoms with Gasteiger partial charge in [-0.05, 0) is 80.5 Å². The highest BCUT2D eigenvalue weighted by molar-refractivity contribution is 5.99. The summed E-state index contributed by atoms with van der Waals surface area (Å²) in [6.07, 6.45) is 12.6. The number of nitrogens with zero attached hydrogens (tertiary/aromatic N) is 3. The van der Waals surface area contributed by atoms with Crippen LogP contribution in [0, 0.1) is 17.8 Å². The van der Waals surface area contributed by atoms with Crippen LogP contribution in [-0.4, -0.2) is 25.8 Å². The Hall–Kier alpha value is -2.89. The number of carbonyl (C=O) groups excluding carboxylic acids is 1. The molecule has 0 atom stereocenters. The second kappa shape index (κ2) is 6.31. The number of imidazole rings is 1. The molecule has 7 rings (SSSR count). The van der Waals surface area contributed by atoms with Crippen LogP contribution < -0.4 is 10.1 Å². The smallest absolute Gasteiger partial charge is 0.307 e. The minimum Gasteiger partial charge on any atom is -0.424 e. The Morgan fingerprint density at radius 3 is 2.52 bits per heavy atom.